The lowest BCUT2D eigenvalue weighted by molar-refractivity contribution is -0.385. The van der Waals surface area contributed by atoms with Gasteiger partial charge >= 0.3 is 0 Å². The minimum absolute atomic E-state index is 0.0339. The number of ether oxygens (including phenoxy) is 2. The lowest BCUT2D eigenvalue weighted by Gasteiger charge is -2.28. The molecule has 1 N–H and O–H groups in total. The molecular weight excluding hydrogens is 330 g/mol. The van der Waals surface area contributed by atoms with Crippen LogP contribution in [0.3, 0.4) is 0 Å². The third kappa shape index (κ3) is 3.44. The van der Waals surface area contributed by atoms with Gasteiger partial charge in [0.25, 0.3) is 5.69 Å². The SMILES string of the molecule is Cc1c([N+](=O)[O-])cnc(OCC2CNCC(C)O2)c1Br. The fourth-order valence-electron chi connectivity index (χ4n) is 1.97. The number of rotatable bonds is 4. The van der Waals surface area contributed by atoms with Crippen LogP contribution in [0.4, 0.5) is 5.69 Å². The van der Waals surface area contributed by atoms with Crippen LogP contribution >= 0.6 is 15.9 Å². The highest BCUT2D eigenvalue weighted by atomic mass is 79.9. The Morgan fingerprint density at radius 3 is 3.05 bits per heavy atom. The van der Waals surface area contributed by atoms with Gasteiger partial charge in [-0.3, -0.25) is 10.1 Å². The summed E-state index contributed by atoms with van der Waals surface area (Å²) in [5.41, 5.74) is 0.462. The van der Waals surface area contributed by atoms with Gasteiger partial charge < -0.3 is 14.8 Å². The second-order valence-electron chi connectivity index (χ2n) is 4.68. The standard InChI is InChI=1S/C12H16BrN3O4/c1-7-3-14-4-9(20-7)6-19-12-11(13)8(2)10(5-15-12)16(17)18/h5,7,9,14H,3-4,6H2,1-2H3. The second kappa shape index (κ2) is 6.47. The van der Waals surface area contributed by atoms with E-state index in [0.29, 0.717) is 29.1 Å². The lowest BCUT2D eigenvalue weighted by atomic mass is 10.2. The van der Waals surface area contributed by atoms with E-state index >= 15 is 0 Å². The van der Waals surface area contributed by atoms with Crippen molar-refractivity contribution in [1.29, 1.82) is 0 Å². The fraction of sp³-hybridized carbons (Fsp3) is 0.583. The van der Waals surface area contributed by atoms with Crippen LogP contribution in [0.15, 0.2) is 10.7 Å². The van der Waals surface area contributed by atoms with Crippen molar-refractivity contribution in [3.05, 3.63) is 26.3 Å². The summed E-state index contributed by atoms with van der Waals surface area (Å²) in [4.78, 5) is 14.3. The predicted octanol–water partition coefficient (Wildman–Crippen LogP) is 1.82. The highest BCUT2D eigenvalue weighted by molar-refractivity contribution is 9.10. The predicted molar refractivity (Wildman–Crippen MR) is 76.0 cm³/mol. The van der Waals surface area contributed by atoms with Gasteiger partial charge in [0.2, 0.25) is 5.88 Å². The molecule has 2 heterocycles. The van der Waals surface area contributed by atoms with Crippen molar-refractivity contribution < 1.29 is 14.4 Å². The molecule has 2 atom stereocenters. The van der Waals surface area contributed by atoms with Gasteiger partial charge in [-0.15, -0.1) is 0 Å². The van der Waals surface area contributed by atoms with Crippen LogP contribution in [0.5, 0.6) is 5.88 Å². The van der Waals surface area contributed by atoms with Gasteiger partial charge in [-0.2, -0.15) is 0 Å². The van der Waals surface area contributed by atoms with E-state index in [1.165, 1.54) is 6.20 Å². The number of nitrogens with zero attached hydrogens (tertiary/aromatic N) is 2. The molecule has 0 bridgehead atoms. The van der Waals surface area contributed by atoms with Crippen LogP contribution in [-0.2, 0) is 4.74 Å². The van der Waals surface area contributed by atoms with Crippen molar-refractivity contribution in [3.63, 3.8) is 0 Å². The summed E-state index contributed by atoms with van der Waals surface area (Å²) in [7, 11) is 0. The van der Waals surface area contributed by atoms with Crippen molar-refractivity contribution in [1.82, 2.24) is 10.3 Å². The number of aromatic nitrogens is 1. The minimum atomic E-state index is -0.466. The molecule has 7 nitrogen and oxygen atoms in total. The molecule has 0 aliphatic carbocycles. The summed E-state index contributed by atoms with van der Waals surface area (Å²) < 4.78 is 11.8. The Bertz CT molecular complexity index is 512. The monoisotopic (exact) mass is 345 g/mol. The number of nitro groups is 1. The molecule has 0 saturated carbocycles. The minimum Gasteiger partial charge on any atom is -0.474 e. The first-order chi connectivity index (χ1) is 9.49. The molecular formula is C12H16BrN3O4. The largest absolute Gasteiger partial charge is 0.474 e. The van der Waals surface area contributed by atoms with Crippen LogP contribution in [0.25, 0.3) is 0 Å². The Kier molecular flexibility index (Phi) is 4.90. The Morgan fingerprint density at radius 2 is 2.40 bits per heavy atom. The fourth-order valence-corrected chi connectivity index (χ4v) is 2.39. The molecule has 0 radical (unpaired) electrons. The van der Waals surface area contributed by atoms with E-state index in [1.54, 1.807) is 6.92 Å². The molecule has 0 aromatic carbocycles. The Hall–Kier alpha value is -1.25. The molecule has 0 spiro atoms. The Balaban J connectivity index is 2.03. The summed E-state index contributed by atoms with van der Waals surface area (Å²) in [6, 6.07) is 0. The Morgan fingerprint density at radius 1 is 1.65 bits per heavy atom. The average molecular weight is 346 g/mol. The van der Waals surface area contributed by atoms with Gasteiger partial charge in [0.1, 0.15) is 18.9 Å². The van der Waals surface area contributed by atoms with E-state index in [-0.39, 0.29) is 17.9 Å². The molecule has 110 valence electrons. The zero-order chi connectivity index (χ0) is 14.7. The average Bonchev–Trinajstić information content (AvgIpc) is 2.40. The third-order valence-electron chi connectivity index (χ3n) is 3.04. The molecule has 0 amide bonds. The number of halogens is 1. The molecule has 2 unspecified atom stereocenters. The maximum Gasteiger partial charge on any atom is 0.291 e. The summed E-state index contributed by atoms with van der Waals surface area (Å²) >= 11 is 3.29. The smallest absolute Gasteiger partial charge is 0.291 e. The number of hydrogen-bond donors (Lipinski definition) is 1. The van der Waals surface area contributed by atoms with Crippen LogP contribution < -0.4 is 10.1 Å². The van der Waals surface area contributed by atoms with E-state index in [4.69, 9.17) is 9.47 Å². The van der Waals surface area contributed by atoms with Gasteiger partial charge in [-0.05, 0) is 29.8 Å². The summed E-state index contributed by atoms with van der Waals surface area (Å²) in [5.74, 6) is 0.343. The van der Waals surface area contributed by atoms with E-state index in [1.807, 2.05) is 6.92 Å². The molecule has 1 fully saturated rings. The second-order valence-corrected chi connectivity index (χ2v) is 5.48. The number of hydrogen-bond acceptors (Lipinski definition) is 6. The molecule has 1 aromatic heterocycles. The molecule has 1 aliphatic rings. The molecule has 20 heavy (non-hydrogen) atoms. The van der Waals surface area contributed by atoms with Crippen LogP contribution in [-0.4, -0.2) is 41.8 Å². The van der Waals surface area contributed by atoms with Gasteiger partial charge in [-0.1, -0.05) is 0 Å². The Labute approximate surface area is 124 Å². The van der Waals surface area contributed by atoms with Crippen LogP contribution in [0, 0.1) is 17.0 Å². The zero-order valence-electron chi connectivity index (χ0n) is 11.3. The first kappa shape index (κ1) is 15.1. The molecule has 1 saturated heterocycles. The van der Waals surface area contributed by atoms with Crippen molar-refractivity contribution in [2.75, 3.05) is 19.7 Å². The van der Waals surface area contributed by atoms with Gasteiger partial charge in [0.05, 0.1) is 15.5 Å². The molecule has 8 heteroatoms. The number of morpholine rings is 1. The van der Waals surface area contributed by atoms with Crippen LogP contribution in [0.1, 0.15) is 12.5 Å². The van der Waals surface area contributed by atoms with Crippen LogP contribution in [0.2, 0.25) is 0 Å². The first-order valence-electron chi connectivity index (χ1n) is 6.27. The highest BCUT2D eigenvalue weighted by Gasteiger charge is 2.22. The van der Waals surface area contributed by atoms with Gasteiger partial charge in [-0.25, -0.2) is 4.98 Å². The van der Waals surface area contributed by atoms with E-state index in [9.17, 15) is 10.1 Å². The van der Waals surface area contributed by atoms with Crippen molar-refractivity contribution in [2.45, 2.75) is 26.1 Å². The summed E-state index contributed by atoms with van der Waals surface area (Å²) in [6.07, 6.45) is 1.30. The van der Waals surface area contributed by atoms with Gasteiger partial charge in [0.15, 0.2) is 0 Å². The highest BCUT2D eigenvalue weighted by Crippen LogP contribution is 2.32. The first-order valence-corrected chi connectivity index (χ1v) is 7.06. The summed E-state index contributed by atoms with van der Waals surface area (Å²) in [6.45, 7) is 5.53. The molecule has 2 rings (SSSR count). The normalized spacial score (nSPS) is 22.6. The number of pyridine rings is 1. The summed E-state index contributed by atoms with van der Waals surface area (Å²) in [5, 5.41) is 14.0. The quantitative estimate of drug-likeness (QED) is 0.661. The molecule has 1 aromatic rings. The maximum absolute atomic E-state index is 10.8. The lowest BCUT2D eigenvalue weighted by Crippen LogP contribution is -2.45. The van der Waals surface area contributed by atoms with Crippen molar-refractivity contribution >= 4 is 21.6 Å². The van der Waals surface area contributed by atoms with Crippen molar-refractivity contribution in [2.24, 2.45) is 0 Å². The van der Waals surface area contributed by atoms with E-state index in [2.05, 4.69) is 26.2 Å². The topological polar surface area (TPSA) is 86.5 Å². The maximum atomic E-state index is 10.8. The third-order valence-corrected chi connectivity index (χ3v) is 3.97. The van der Waals surface area contributed by atoms with Crippen molar-refractivity contribution in [3.8, 4) is 5.88 Å². The van der Waals surface area contributed by atoms with Gasteiger partial charge in [0, 0.05) is 18.7 Å². The molecule has 1 aliphatic heterocycles. The number of nitrogens with one attached hydrogen (secondary N) is 1. The zero-order valence-corrected chi connectivity index (χ0v) is 12.8. The van der Waals surface area contributed by atoms with E-state index in [0.717, 1.165) is 6.54 Å². The van der Waals surface area contributed by atoms with E-state index < -0.39 is 4.92 Å².